The van der Waals surface area contributed by atoms with Crippen molar-refractivity contribution in [3.05, 3.63) is 39.5 Å². The SMILES string of the molecule is CCOC(=O)c1c(C)nsc1Nc1c(F)cc(Br)cc1F. The number of aromatic nitrogens is 1. The molecule has 112 valence electrons. The number of nitrogens with zero attached hydrogens (tertiary/aromatic N) is 1. The van der Waals surface area contributed by atoms with Crippen LogP contribution in [0.3, 0.4) is 0 Å². The predicted octanol–water partition coefficient (Wildman–Crippen LogP) is 4.41. The average Bonchev–Trinajstić information content (AvgIpc) is 2.75. The molecule has 0 radical (unpaired) electrons. The van der Waals surface area contributed by atoms with Gasteiger partial charge in [0.1, 0.15) is 16.3 Å². The van der Waals surface area contributed by atoms with Crippen LogP contribution in [-0.4, -0.2) is 16.9 Å². The van der Waals surface area contributed by atoms with Gasteiger partial charge in [0.15, 0.2) is 11.6 Å². The molecule has 8 heteroatoms. The summed E-state index contributed by atoms with van der Waals surface area (Å²) in [5.74, 6) is -2.13. The number of nitrogens with one attached hydrogen (secondary N) is 1. The quantitative estimate of drug-likeness (QED) is 0.802. The highest BCUT2D eigenvalue weighted by Gasteiger charge is 2.22. The van der Waals surface area contributed by atoms with Gasteiger partial charge in [-0.1, -0.05) is 15.9 Å². The summed E-state index contributed by atoms with van der Waals surface area (Å²) in [4.78, 5) is 11.9. The second-order valence-electron chi connectivity index (χ2n) is 4.06. The van der Waals surface area contributed by atoms with E-state index in [4.69, 9.17) is 4.74 Å². The van der Waals surface area contributed by atoms with Crippen molar-refractivity contribution < 1.29 is 18.3 Å². The van der Waals surface area contributed by atoms with Gasteiger partial charge in [-0.2, -0.15) is 4.37 Å². The standard InChI is InChI=1S/C13H11BrF2N2O2S/c1-3-20-13(19)10-6(2)18-21-12(10)17-11-8(15)4-7(14)5-9(11)16/h4-5,17H,3H2,1-2H3. The van der Waals surface area contributed by atoms with Crippen LogP contribution in [0.2, 0.25) is 0 Å². The van der Waals surface area contributed by atoms with Gasteiger partial charge in [0.2, 0.25) is 0 Å². The van der Waals surface area contributed by atoms with Gasteiger partial charge in [0.25, 0.3) is 0 Å². The molecule has 2 aromatic rings. The molecule has 0 amide bonds. The lowest BCUT2D eigenvalue weighted by molar-refractivity contribution is 0.0527. The maximum Gasteiger partial charge on any atom is 0.343 e. The van der Waals surface area contributed by atoms with Crippen LogP contribution < -0.4 is 5.32 Å². The number of benzene rings is 1. The Kier molecular flexibility index (Phi) is 4.89. The number of rotatable bonds is 4. The predicted molar refractivity (Wildman–Crippen MR) is 80.1 cm³/mol. The lowest BCUT2D eigenvalue weighted by Gasteiger charge is -2.09. The van der Waals surface area contributed by atoms with Gasteiger partial charge in [0.05, 0.1) is 12.3 Å². The molecule has 1 heterocycles. The van der Waals surface area contributed by atoms with E-state index in [0.717, 1.165) is 23.7 Å². The second kappa shape index (κ2) is 6.48. The van der Waals surface area contributed by atoms with Crippen LogP contribution >= 0.6 is 27.5 Å². The Morgan fingerprint density at radius 1 is 1.43 bits per heavy atom. The molecule has 4 nitrogen and oxygen atoms in total. The monoisotopic (exact) mass is 376 g/mol. The van der Waals surface area contributed by atoms with E-state index in [-0.39, 0.29) is 27.3 Å². The van der Waals surface area contributed by atoms with E-state index < -0.39 is 17.6 Å². The van der Waals surface area contributed by atoms with E-state index in [9.17, 15) is 13.6 Å². The van der Waals surface area contributed by atoms with Crippen LogP contribution in [0.4, 0.5) is 19.5 Å². The number of carbonyl (C=O) groups excluding carboxylic acids is 1. The van der Waals surface area contributed by atoms with Gasteiger partial charge < -0.3 is 10.1 Å². The third-order valence-corrected chi connectivity index (χ3v) is 3.90. The molecule has 0 fully saturated rings. The van der Waals surface area contributed by atoms with Crippen LogP contribution in [0.25, 0.3) is 0 Å². The van der Waals surface area contributed by atoms with E-state index in [0.29, 0.717) is 5.69 Å². The molecule has 1 aromatic heterocycles. The number of hydrogen-bond donors (Lipinski definition) is 1. The Hall–Kier alpha value is -1.54. The fraction of sp³-hybridized carbons (Fsp3) is 0.231. The van der Waals surface area contributed by atoms with E-state index in [2.05, 4.69) is 25.6 Å². The van der Waals surface area contributed by atoms with Gasteiger partial charge in [-0.05, 0) is 37.5 Å². The molecule has 0 unspecified atom stereocenters. The lowest BCUT2D eigenvalue weighted by Crippen LogP contribution is -2.08. The zero-order valence-electron chi connectivity index (χ0n) is 11.2. The number of esters is 1. The van der Waals surface area contributed by atoms with Gasteiger partial charge in [-0.3, -0.25) is 0 Å². The minimum atomic E-state index is -0.775. The fourth-order valence-corrected chi connectivity index (χ4v) is 2.87. The first-order valence-corrected chi connectivity index (χ1v) is 7.55. The summed E-state index contributed by atoms with van der Waals surface area (Å²) in [7, 11) is 0. The second-order valence-corrected chi connectivity index (χ2v) is 5.75. The van der Waals surface area contributed by atoms with E-state index in [1.54, 1.807) is 13.8 Å². The van der Waals surface area contributed by atoms with E-state index in [1.807, 2.05) is 0 Å². The van der Waals surface area contributed by atoms with Crippen molar-refractivity contribution in [2.45, 2.75) is 13.8 Å². The third-order valence-electron chi connectivity index (χ3n) is 2.59. The van der Waals surface area contributed by atoms with E-state index >= 15 is 0 Å². The Morgan fingerprint density at radius 2 is 2.05 bits per heavy atom. The largest absolute Gasteiger partial charge is 0.462 e. The highest BCUT2D eigenvalue weighted by atomic mass is 79.9. The van der Waals surface area contributed by atoms with Crippen LogP contribution in [0.1, 0.15) is 23.0 Å². The van der Waals surface area contributed by atoms with Crippen molar-refractivity contribution in [3.8, 4) is 0 Å². The van der Waals surface area contributed by atoms with Crippen molar-refractivity contribution in [3.63, 3.8) is 0 Å². The van der Waals surface area contributed by atoms with E-state index in [1.165, 1.54) is 0 Å². The van der Waals surface area contributed by atoms with Crippen molar-refractivity contribution >= 4 is 44.1 Å². The first-order chi connectivity index (χ1) is 9.93. The van der Waals surface area contributed by atoms with Crippen molar-refractivity contribution in [1.82, 2.24) is 4.37 Å². The summed E-state index contributed by atoms with van der Waals surface area (Å²) >= 11 is 3.94. The molecule has 0 saturated carbocycles. The molecule has 0 saturated heterocycles. The number of carbonyl (C=O) groups is 1. The molecule has 1 N–H and O–H groups in total. The Morgan fingerprint density at radius 3 is 2.62 bits per heavy atom. The number of halogens is 3. The number of aryl methyl sites for hydroxylation is 1. The van der Waals surface area contributed by atoms with Crippen LogP contribution in [0.15, 0.2) is 16.6 Å². The molecular weight excluding hydrogens is 366 g/mol. The maximum absolute atomic E-state index is 13.8. The molecule has 0 spiro atoms. The molecule has 2 rings (SSSR count). The molecule has 0 bridgehead atoms. The van der Waals surface area contributed by atoms with Crippen LogP contribution in [0, 0.1) is 18.6 Å². The Bertz CT molecular complexity index is 668. The molecule has 21 heavy (non-hydrogen) atoms. The molecule has 0 aliphatic rings. The highest BCUT2D eigenvalue weighted by molar-refractivity contribution is 9.10. The molecule has 0 aliphatic carbocycles. The Labute approximate surface area is 132 Å². The summed E-state index contributed by atoms with van der Waals surface area (Å²) < 4.78 is 36.9. The van der Waals surface area contributed by atoms with Gasteiger partial charge in [0, 0.05) is 4.47 Å². The molecular formula is C13H11BrF2N2O2S. The zero-order valence-corrected chi connectivity index (χ0v) is 13.6. The molecule has 0 atom stereocenters. The lowest BCUT2D eigenvalue weighted by atomic mass is 10.2. The molecule has 0 aliphatic heterocycles. The highest BCUT2D eigenvalue weighted by Crippen LogP contribution is 2.32. The van der Waals surface area contributed by atoms with Crippen molar-refractivity contribution in [2.75, 3.05) is 11.9 Å². The van der Waals surface area contributed by atoms with Crippen molar-refractivity contribution in [1.29, 1.82) is 0 Å². The summed E-state index contributed by atoms with van der Waals surface area (Å²) in [5, 5.41) is 2.82. The molecule has 1 aromatic carbocycles. The Balaban J connectivity index is 2.39. The van der Waals surface area contributed by atoms with Gasteiger partial charge in [-0.15, -0.1) is 0 Å². The number of ether oxygens (including phenoxy) is 1. The first-order valence-electron chi connectivity index (χ1n) is 5.99. The summed E-state index contributed by atoms with van der Waals surface area (Å²) in [6, 6.07) is 2.26. The van der Waals surface area contributed by atoms with Gasteiger partial charge >= 0.3 is 5.97 Å². The fourth-order valence-electron chi connectivity index (χ4n) is 1.67. The number of anilines is 2. The minimum Gasteiger partial charge on any atom is -0.462 e. The first kappa shape index (κ1) is 15.8. The summed E-state index contributed by atoms with van der Waals surface area (Å²) in [6.45, 7) is 3.50. The zero-order chi connectivity index (χ0) is 15.6. The summed E-state index contributed by atoms with van der Waals surface area (Å²) in [5.41, 5.74) is 0.287. The maximum atomic E-state index is 13.8. The van der Waals surface area contributed by atoms with Gasteiger partial charge in [-0.25, -0.2) is 13.6 Å². The topological polar surface area (TPSA) is 51.2 Å². The minimum absolute atomic E-state index is 0.184. The third kappa shape index (κ3) is 3.38. The normalized spacial score (nSPS) is 10.5. The van der Waals surface area contributed by atoms with Crippen molar-refractivity contribution in [2.24, 2.45) is 0 Å². The number of hydrogen-bond acceptors (Lipinski definition) is 5. The van der Waals surface area contributed by atoms with Crippen LogP contribution in [0.5, 0.6) is 0 Å². The average molecular weight is 377 g/mol. The smallest absolute Gasteiger partial charge is 0.343 e. The summed E-state index contributed by atoms with van der Waals surface area (Å²) in [6.07, 6.45) is 0. The van der Waals surface area contributed by atoms with Crippen LogP contribution in [-0.2, 0) is 4.74 Å².